The van der Waals surface area contributed by atoms with E-state index in [1.165, 1.54) is 0 Å². The molecule has 0 radical (unpaired) electrons. The van der Waals surface area contributed by atoms with Crippen molar-refractivity contribution in [2.75, 3.05) is 0 Å². The monoisotopic (exact) mass is 174 g/mol. The maximum Gasteiger partial charge on any atom is 0.146 e. The van der Waals surface area contributed by atoms with E-state index in [-0.39, 0.29) is 5.92 Å². The molecule has 1 aliphatic rings. The topological polar surface area (TPSA) is 0 Å². The highest BCUT2D eigenvalue weighted by atomic mass is 35.5. The van der Waals surface area contributed by atoms with Crippen molar-refractivity contribution in [3.05, 3.63) is 37.0 Å². The summed E-state index contributed by atoms with van der Waals surface area (Å²) in [6, 6.07) is 0. The number of allylic oxidation sites excluding steroid dienone is 5. The highest BCUT2D eigenvalue weighted by molar-refractivity contribution is 6.50. The minimum atomic E-state index is -0.795. The van der Waals surface area contributed by atoms with E-state index >= 15 is 0 Å². The molecule has 1 atom stereocenters. The minimum absolute atomic E-state index is 0.0285. The first kappa shape index (κ1) is 7.90. The summed E-state index contributed by atoms with van der Waals surface area (Å²) < 4.78 is -0.795. The van der Waals surface area contributed by atoms with Crippen LogP contribution in [0, 0.1) is 5.92 Å². The molecule has 0 bridgehead atoms. The number of hydrogen-bond donors (Lipinski definition) is 0. The van der Waals surface area contributed by atoms with E-state index in [1.54, 1.807) is 12.2 Å². The Morgan fingerprint density at radius 1 is 1.40 bits per heavy atom. The fourth-order valence-electron chi connectivity index (χ4n) is 0.843. The highest BCUT2D eigenvalue weighted by Crippen LogP contribution is 2.35. The van der Waals surface area contributed by atoms with Gasteiger partial charge in [0.1, 0.15) is 4.33 Å². The quantitative estimate of drug-likeness (QED) is 0.424. The van der Waals surface area contributed by atoms with Crippen molar-refractivity contribution in [3.63, 3.8) is 0 Å². The van der Waals surface area contributed by atoms with Gasteiger partial charge in [0.15, 0.2) is 0 Å². The molecule has 54 valence electrons. The highest BCUT2D eigenvalue weighted by Gasteiger charge is 2.28. The van der Waals surface area contributed by atoms with Gasteiger partial charge in [-0.25, -0.2) is 0 Å². The van der Waals surface area contributed by atoms with Gasteiger partial charge in [0, 0.05) is 5.92 Å². The second kappa shape index (κ2) is 2.81. The van der Waals surface area contributed by atoms with Crippen LogP contribution in [0.25, 0.3) is 0 Å². The van der Waals surface area contributed by atoms with Gasteiger partial charge < -0.3 is 0 Å². The smallest absolute Gasteiger partial charge is 0.102 e. The van der Waals surface area contributed by atoms with Gasteiger partial charge in [-0.15, -0.1) is 6.58 Å². The Balaban J connectivity index is 2.84. The third-order valence-electron chi connectivity index (χ3n) is 1.45. The normalized spacial score (nSPS) is 28.4. The molecule has 0 nitrogen and oxygen atoms in total. The second-order valence-corrected chi connectivity index (χ2v) is 3.62. The number of rotatable bonds is 1. The predicted octanol–water partition coefficient (Wildman–Crippen LogP) is 3.09. The molecule has 1 aliphatic carbocycles. The van der Waals surface area contributed by atoms with Crippen molar-refractivity contribution < 1.29 is 0 Å². The Labute approximate surface area is 70.8 Å². The van der Waals surface area contributed by atoms with Crippen molar-refractivity contribution in [2.45, 2.75) is 4.33 Å². The van der Waals surface area contributed by atoms with Crippen molar-refractivity contribution in [2.24, 2.45) is 5.92 Å². The van der Waals surface area contributed by atoms with Crippen LogP contribution in [0.15, 0.2) is 37.0 Å². The Morgan fingerprint density at radius 2 is 2.10 bits per heavy atom. The van der Waals surface area contributed by atoms with Gasteiger partial charge >= 0.3 is 0 Å². The predicted molar refractivity (Wildman–Crippen MR) is 46.4 cm³/mol. The summed E-state index contributed by atoms with van der Waals surface area (Å²) >= 11 is 11.8. The molecule has 1 rings (SSSR count). The molecule has 0 fully saturated rings. The molecule has 0 heterocycles. The maximum atomic E-state index is 5.89. The lowest BCUT2D eigenvalue weighted by atomic mass is 10.0. The molecule has 0 spiro atoms. The molecular formula is C8H8Cl2. The van der Waals surface area contributed by atoms with Crippen LogP contribution in [0.3, 0.4) is 0 Å². The third-order valence-corrected chi connectivity index (χ3v) is 2.20. The summed E-state index contributed by atoms with van der Waals surface area (Å²) in [6.07, 6.45) is 9.16. The van der Waals surface area contributed by atoms with E-state index in [0.717, 1.165) is 0 Å². The van der Waals surface area contributed by atoms with Gasteiger partial charge in [0.2, 0.25) is 0 Å². The standard InChI is InChI=1S/C8H8Cl2/c1-2-7-5-3-4-6-8(7,9)10/h2-7H,1H2. The van der Waals surface area contributed by atoms with Crippen LogP contribution >= 0.6 is 23.2 Å². The number of halogens is 2. The Kier molecular flexibility index (Phi) is 2.22. The Morgan fingerprint density at radius 3 is 2.50 bits per heavy atom. The lowest BCUT2D eigenvalue weighted by molar-refractivity contribution is 0.773. The first-order valence-corrected chi connectivity index (χ1v) is 3.79. The molecule has 0 saturated carbocycles. The Hall–Kier alpha value is -0.200. The van der Waals surface area contributed by atoms with E-state index in [4.69, 9.17) is 23.2 Å². The summed E-state index contributed by atoms with van der Waals surface area (Å²) in [6.45, 7) is 3.63. The van der Waals surface area contributed by atoms with E-state index < -0.39 is 4.33 Å². The molecule has 0 saturated heterocycles. The lowest BCUT2D eigenvalue weighted by Gasteiger charge is -2.23. The van der Waals surface area contributed by atoms with Crippen molar-refractivity contribution in [1.82, 2.24) is 0 Å². The van der Waals surface area contributed by atoms with Crippen LogP contribution in [0.4, 0.5) is 0 Å². The van der Waals surface area contributed by atoms with Crippen LogP contribution in [0.2, 0.25) is 0 Å². The molecule has 0 amide bonds. The zero-order valence-corrected chi connectivity index (χ0v) is 6.94. The van der Waals surface area contributed by atoms with Gasteiger partial charge in [-0.2, -0.15) is 0 Å². The molecule has 0 aliphatic heterocycles. The number of alkyl halides is 2. The van der Waals surface area contributed by atoms with Crippen molar-refractivity contribution >= 4 is 23.2 Å². The molecule has 0 N–H and O–H groups in total. The minimum Gasteiger partial charge on any atom is -0.102 e. The fraction of sp³-hybridized carbons (Fsp3) is 0.250. The molecule has 0 aromatic carbocycles. The summed E-state index contributed by atoms with van der Waals surface area (Å²) in [5.41, 5.74) is 0. The van der Waals surface area contributed by atoms with Gasteiger partial charge in [0.05, 0.1) is 0 Å². The van der Waals surface area contributed by atoms with Gasteiger partial charge in [-0.3, -0.25) is 0 Å². The number of hydrogen-bond acceptors (Lipinski definition) is 0. The molecular weight excluding hydrogens is 167 g/mol. The zero-order valence-electron chi connectivity index (χ0n) is 5.43. The van der Waals surface area contributed by atoms with Gasteiger partial charge in [-0.1, -0.05) is 47.5 Å². The third kappa shape index (κ3) is 1.44. The van der Waals surface area contributed by atoms with Gasteiger partial charge in [-0.05, 0) is 6.08 Å². The van der Waals surface area contributed by atoms with Crippen LogP contribution in [-0.4, -0.2) is 4.33 Å². The van der Waals surface area contributed by atoms with E-state index in [2.05, 4.69) is 6.58 Å². The van der Waals surface area contributed by atoms with E-state index in [1.807, 2.05) is 18.2 Å². The van der Waals surface area contributed by atoms with Crippen LogP contribution in [0.1, 0.15) is 0 Å². The lowest BCUT2D eigenvalue weighted by Crippen LogP contribution is -2.20. The first-order chi connectivity index (χ1) is 4.67. The average molecular weight is 175 g/mol. The summed E-state index contributed by atoms with van der Waals surface area (Å²) in [7, 11) is 0. The summed E-state index contributed by atoms with van der Waals surface area (Å²) in [5.74, 6) is 0.0285. The van der Waals surface area contributed by atoms with Crippen LogP contribution in [-0.2, 0) is 0 Å². The van der Waals surface area contributed by atoms with E-state index in [0.29, 0.717) is 0 Å². The van der Waals surface area contributed by atoms with Crippen LogP contribution < -0.4 is 0 Å². The first-order valence-electron chi connectivity index (χ1n) is 3.03. The average Bonchev–Trinajstić information content (AvgIpc) is 1.87. The maximum absolute atomic E-state index is 5.89. The largest absolute Gasteiger partial charge is 0.146 e. The molecule has 0 aromatic rings. The van der Waals surface area contributed by atoms with Gasteiger partial charge in [0.25, 0.3) is 0 Å². The molecule has 10 heavy (non-hydrogen) atoms. The van der Waals surface area contributed by atoms with Crippen molar-refractivity contribution in [3.8, 4) is 0 Å². The summed E-state index contributed by atoms with van der Waals surface area (Å²) in [5, 5.41) is 0. The fourth-order valence-corrected chi connectivity index (χ4v) is 1.31. The molecule has 2 heteroatoms. The van der Waals surface area contributed by atoms with Crippen molar-refractivity contribution in [1.29, 1.82) is 0 Å². The zero-order chi connectivity index (χ0) is 7.61. The molecule has 0 aromatic heterocycles. The van der Waals surface area contributed by atoms with Crippen LogP contribution in [0.5, 0.6) is 0 Å². The molecule has 1 unspecified atom stereocenters. The van der Waals surface area contributed by atoms with E-state index in [9.17, 15) is 0 Å². The SMILES string of the molecule is C=CC1C=CC=CC1(Cl)Cl. The summed E-state index contributed by atoms with van der Waals surface area (Å²) in [4.78, 5) is 0. The second-order valence-electron chi connectivity index (χ2n) is 2.18. The Bertz CT molecular complexity index is 189.